The Labute approximate surface area is 104 Å². The van der Waals surface area contributed by atoms with Gasteiger partial charge in [-0.2, -0.15) is 5.10 Å². The standard InChI is InChI=1S/C14H25N3/c1-11(2)13-4-3-5-14(7-6-13)15-8-12-9-16-17-10-12/h9-11,13-15H,3-8H2,1-2H3,(H,16,17). The summed E-state index contributed by atoms with van der Waals surface area (Å²) in [6.45, 7) is 5.68. The molecule has 1 aromatic heterocycles. The Bertz CT molecular complexity index is 305. The van der Waals surface area contributed by atoms with E-state index < -0.39 is 0 Å². The van der Waals surface area contributed by atoms with Crippen molar-refractivity contribution in [2.75, 3.05) is 0 Å². The molecule has 0 saturated heterocycles. The number of aromatic amines is 1. The van der Waals surface area contributed by atoms with Gasteiger partial charge in [0.25, 0.3) is 0 Å². The number of hydrogen-bond donors (Lipinski definition) is 2. The number of hydrogen-bond acceptors (Lipinski definition) is 2. The van der Waals surface area contributed by atoms with Crippen LogP contribution in [-0.2, 0) is 6.54 Å². The summed E-state index contributed by atoms with van der Waals surface area (Å²) in [7, 11) is 0. The van der Waals surface area contributed by atoms with Crippen LogP contribution < -0.4 is 5.32 Å². The highest BCUT2D eigenvalue weighted by Crippen LogP contribution is 2.28. The molecule has 0 aliphatic heterocycles. The normalized spacial score (nSPS) is 26.1. The zero-order valence-electron chi connectivity index (χ0n) is 11.1. The van der Waals surface area contributed by atoms with Crippen molar-refractivity contribution in [3.8, 4) is 0 Å². The van der Waals surface area contributed by atoms with Crippen LogP contribution in [-0.4, -0.2) is 16.2 Å². The molecule has 0 spiro atoms. The quantitative estimate of drug-likeness (QED) is 0.787. The third kappa shape index (κ3) is 3.84. The van der Waals surface area contributed by atoms with Crippen LogP contribution >= 0.6 is 0 Å². The maximum absolute atomic E-state index is 3.97. The first-order valence-electron chi connectivity index (χ1n) is 6.96. The summed E-state index contributed by atoms with van der Waals surface area (Å²) in [5, 5.41) is 10.5. The Morgan fingerprint density at radius 3 is 2.94 bits per heavy atom. The van der Waals surface area contributed by atoms with Crippen LogP contribution in [0.1, 0.15) is 51.5 Å². The van der Waals surface area contributed by atoms with Crippen molar-refractivity contribution >= 4 is 0 Å². The van der Waals surface area contributed by atoms with Crippen LogP contribution in [0.15, 0.2) is 12.4 Å². The fourth-order valence-corrected chi connectivity index (χ4v) is 2.84. The summed E-state index contributed by atoms with van der Waals surface area (Å²) >= 11 is 0. The average molecular weight is 235 g/mol. The molecule has 1 aromatic rings. The summed E-state index contributed by atoms with van der Waals surface area (Å²) in [6, 6.07) is 0.702. The van der Waals surface area contributed by atoms with Gasteiger partial charge in [-0.25, -0.2) is 0 Å². The summed E-state index contributed by atoms with van der Waals surface area (Å²) in [6.07, 6.45) is 10.7. The molecular weight excluding hydrogens is 210 g/mol. The monoisotopic (exact) mass is 235 g/mol. The predicted molar refractivity (Wildman–Crippen MR) is 70.6 cm³/mol. The summed E-state index contributed by atoms with van der Waals surface area (Å²) in [5.41, 5.74) is 1.26. The molecule has 2 N–H and O–H groups in total. The number of aromatic nitrogens is 2. The van der Waals surface area contributed by atoms with Crippen LogP contribution in [0.25, 0.3) is 0 Å². The molecule has 1 aliphatic carbocycles. The molecule has 0 aromatic carbocycles. The molecule has 0 bridgehead atoms. The topological polar surface area (TPSA) is 40.7 Å². The van der Waals surface area contributed by atoms with E-state index >= 15 is 0 Å². The van der Waals surface area contributed by atoms with Gasteiger partial charge in [0.2, 0.25) is 0 Å². The lowest BCUT2D eigenvalue weighted by Gasteiger charge is -2.19. The van der Waals surface area contributed by atoms with Crippen molar-refractivity contribution in [2.45, 2.75) is 58.5 Å². The van der Waals surface area contributed by atoms with Crippen molar-refractivity contribution in [3.63, 3.8) is 0 Å². The highest BCUT2D eigenvalue weighted by Gasteiger charge is 2.20. The SMILES string of the molecule is CC(C)C1CCCC(NCc2cn[nH]c2)CC1. The van der Waals surface area contributed by atoms with Crippen molar-refractivity contribution in [1.82, 2.24) is 15.5 Å². The van der Waals surface area contributed by atoms with Crippen molar-refractivity contribution < 1.29 is 0 Å². The number of nitrogens with zero attached hydrogens (tertiary/aromatic N) is 1. The van der Waals surface area contributed by atoms with Gasteiger partial charge >= 0.3 is 0 Å². The molecule has 1 heterocycles. The molecule has 17 heavy (non-hydrogen) atoms. The van der Waals surface area contributed by atoms with E-state index in [1.807, 2.05) is 12.4 Å². The van der Waals surface area contributed by atoms with Gasteiger partial charge in [-0.05, 0) is 31.1 Å². The number of H-pyrrole nitrogens is 1. The predicted octanol–water partition coefficient (Wildman–Crippen LogP) is 3.10. The van der Waals surface area contributed by atoms with Gasteiger partial charge in [0.1, 0.15) is 0 Å². The maximum atomic E-state index is 3.97. The molecule has 1 aliphatic rings. The number of nitrogens with one attached hydrogen (secondary N) is 2. The molecule has 2 unspecified atom stereocenters. The van der Waals surface area contributed by atoms with E-state index in [4.69, 9.17) is 0 Å². The third-order valence-corrected chi connectivity index (χ3v) is 4.11. The third-order valence-electron chi connectivity index (χ3n) is 4.11. The van der Waals surface area contributed by atoms with Gasteiger partial charge in [0.15, 0.2) is 0 Å². The first-order chi connectivity index (χ1) is 8.25. The smallest absolute Gasteiger partial charge is 0.0532 e. The number of rotatable bonds is 4. The van der Waals surface area contributed by atoms with Crippen molar-refractivity contribution in [1.29, 1.82) is 0 Å². The molecular formula is C14H25N3. The molecule has 0 amide bonds. The zero-order chi connectivity index (χ0) is 12.1. The molecule has 96 valence electrons. The lowest BCUT2D eigenvalue weighted by molar-refractivity contribution is 0.337. The van der Waals surface area contributed by atoms with Crippen LogP contribution in [0, 0.1) is 11.8 Å². The molecule has 0 radical (unpaired) electrons. The molecule has 2 atom stereocenters. The van der Waals surface area contributed by atoms with Crippen LogP contribution in [0.4, 0.5) is 0 Å². The van der Waals surface area contributed by atoms with Crippen LogP contribution in [0.3, 0.4) is 0 Å². The molecule has 3 heteroatoms. The van der Waals surface area contributed by atoms with E-state index in [0.717, 1.165) is 18.4 Å². The van der Waals surface area contributed by atoms with E-state index in [1.54, 1.807) is 0 Å². The maximum Gasteiger partial charge on any atom is 0.0532 e. The lowest BCUT2D eigenvalue weighted by Crippen LogP contribution is -2.27. The molecule has 1 saturated carbocycles. The summed E-state index contributed by atoms with van der Waals surface area (Å²) < 4.78 is 0. The Morgan fingerprint density at radius 2 is 2.24 bits per heavy atom. The lowest BCUT2D eigenvalue weighted by atomic mass is 9.89. The van der Waals surface area contributed by atoms with Crippen LogP contribution in [0.2, 0.25) is 0 Å². The molecule has 3 nitrogen and oxygen atoms in total. The Kier molecular flexibility index (Phi) is 4.60. The minimum absolute atomic E-state index is 0.702. The van der Waals surface area contributed by atoms with E-state index in [9.17, 15) is 0 Å². The molecule has 1 fully saturated rings. The van der Waals surface area contributed by atoms with Gasteiger partial charge in [0, 0.05) is 24.3 Å². The van der Waals surface area contributed by atoms with E-state index in [1.165, 1.54) is 37.7 Å². The van der Waals surface area contributed by atoms with Gasteiger partial charge in [0.05, 0.1) is 6.20 Å². The Balaban J connectivity index is 1.75. The van der Waals surface area contributed by atoms with Gasteiger partial charge < -0.3 is 5.32 Å². The average Bonchev–Trinajstić information content (AvgIpc) is 2.70. The van der Waals surface area contributed by atoms with E-state index in [2.05, 4.69) is 29.4 Å². The summed E-state index contributed by atoms with van der Waals surface area (Å²) in [4.78, 5) is 0. The minimum Gasteiger partial charge on any atom is -0.310 e. The fourth-order valence-electron chi connectivity index (χ4n) is 2.84. The largest absolute Gasteiger partial charge is 0.310 e. The van der Waals surface area contributed by atoms with E-state index in [-0.39, 0.29) is 0 Å². The second-order valence-corrected chi connectivity index (χ2v) is 5.70. The van der Waals surface area contributed by atoms with Gasteiger partial charge in [-0.1, -0.05) is 26.7 Å². The van der Waals surface area contributed by atoms with Gasteiger partial charge in [-0.3, -0.25) is 5.10 Å². The van der Waals surface area contributed by atoms with Crippen molar-refractivity contribution in [3.05, 3.63) is 18.0 Å². The highest BCUT2D eigenvalue weighted by molar-refractivity contribution is 5.01. The summed E-state index contributed by atoms with van der Waals surface area (Å²) in [5.74, 6) is 1.79. The Hall–Kier alpha value is -0.830. The first kappa shape index (κ1) is 12.6. The van der Waals surface area contributed by atoms with E-state index in [0.29, 0.717) is 6.04 Å². The zero-order valence-corrected chi connectivity index (χ0v) is 11.1. The fraction of sp³-hybridized carbons (Fsp3) is 0.786. The second kappa shape index (κ2) is 6.20. The van der Waals surface area contributed by atoms with Gasteiger partial charge in [-0.15, -0.1) is 0 Å². The van der Waals surface area contributed by atoms with Crippen LogP contribution in [0.5, 0.6) is 0 Å². The molecule has 2 rings (SSSR count). The van der Waals surface area contributed by atoms with Crippen molar-refractivity contribution in [2.24, 2.45) is 11.8 Å². The minimum atomic E-state index is 0.702. The Morgan fingerprint density at radius 1 is 1.35 bits per heavy atom. The second-order valence-electron chi connectivity index (χ2n) is 5.70. The first-order valence-corrected chi connectivity index (χ1v) is 6.96. The highest BCUT2D eigenvalue weighted by atomic mass is 15.1.